The minimum Gasteiger partial charge on any atom is -0.368 e. The van der Waals surface area contributed by atoms with Gasteiger partial charge in [-0.25, -0.2) is 9.97 Å². The third-order valence-corrected chi connectivity index (χ3v) is 4.10. The average Bonchev–Trinajstić information content (AvgIpc) is 3.04. The van der Waals surface area contributed by atoms with Crippen molar-refractivity contribution in [2.45, 2.75) is 0 Å². The van der Waals surface area contributed by atoms with Gasteiger partial charge in [-0.15, -0.1) is 11.3 Å². The van der Waals surface area contributed by atoms with Crippen molar-refractivity contribution in [2.75, 3.05) is 5.73 Å². The molecule has 0 unspecified atom stereocenters. The highest BCUT2D eigenvalue weighted by molar-refractivity contribution is 7.19. The van der Waals surface area contributed by atoms with Gasteiger partial charge in [0, 0.05) is 6.20 Å². The molecule has 3 heterocycles. The van der Waals surface area contributed by atoms with Gasteiger partial charge in [0.2, 0.25) is 5.95 Å². The smallest absolute Gasteiger partial charge is 0.250 e. The van der Waals surface area contributed by atoms with E-state index in [0.717, 1.165) is 4.88 Å². The number of nitrogens with zero attached hydrogens (tertiary/aromatic N) is 2. The average molecular weight is 320 g/mol. The lowest BCUT2D eigenvalue weighted by Crippen LogP contribution is -2.10. The molecular weight excluding hydrogens is 310 g/mol. The lowest BCUT2D eigenvalue weighted by atomic mass is 10.2. The molecule has 0 saturated heterocycles. The molecule has 8 heteroatoms. The Morgan fingerprint density at radius 1 is 1.33 bits per heavy atom. The fourth-order valence-corrected chi connectivity index (χ4v) is 3.01. The second-order valence-electron chi connectivity index (χ2n) is 4.24. The largest absolute Gasteiger partial charge is 0.368 e. The highest BCUT2D eigenvalue weighted by Gasteiger charge is 2.17. The summed E-state index contributed by atoms with van der Waals surface area (Å²) in [5.74, 6) is -0.373. The number of halogens is 1. The number of nitrogen functional groups attached to an aromatic ring is 1. The van der Waals surface area contributed by atoms with Gasteiger partial charge in [0.1, 0.15) is 0 Å². The van der Waals surface area contributed by atoms with E-state index in [1.807, 2.05) is 6.07 Å². The van der Waals surface area contributed by atoms with Gasteiger partial charge in [-0.05, 0) is 24.3 Å². The van der Waals surface area contributed by atoms with E-state index < -0.39 is 5.91 Å². The molecule has 0 bridgehead atoms. The number of primary amides is 1. The molecule has 0 saturated carbocycles. The summed E-state index contributed by atoms with van der Waals surface area (Å²) in [7, 11) is 0. The van der Waals surface area contributed by atoms with Crippen molar-refractivity contribution in [3.05, 3.63) is 40.4 Å². The number of thiophene rings is 1. The molecule has 6 nitrogen and oxygen atoms in total. The first-order valence-corrected chi connectivity index (χ1v) is 7.11. The molecule has 106 valence electrons. The predicted octanol–water partition coefficient (Wildman–Crippen LogP) is 2.53. The van der Waals surface area contributed by atoms with Crippen LogP contribution < -0.4 is 11.5 Å². The van der Waals surface area contributed by atoms with E-state index in [2.05, 4.69) is 15.0 Å². The summed E-state index contributed by atoms with van der Waals surface area (Å²) in [6.07, 6.45) is 1.55. The van der Waals surface area contributed by atoms with Crippen LogP contribution in [0.2, 0.25) is 4.34 Å². The molecule has 5 N–H and O–H groups in total. The molecule has 3 rings (SSSR count). The molecule has 0 atom stereocenters. The van der Waals surface area contributed by atoms with E-state index in [-0.39, 0.29) is 5.95 Å². The number of H-pyrrole nitrogens is 1. The van der Waals surface area contributed by atoms with Gasteiger partial charge in [-0.2, -0.15) is 0 Å². The monoisotopic (exact) mass is 319 g/mol. The molecule has 0 fully saturated rings. The number of amides is 1. The van der Waals surface area contributed by atoms with E-state index >= 15 is 0 Å². The van der Waals surface area contributed by atoms with Crippen molar-refractivity contribution in [3.8, 4) is 22.0 Å². The van der Waals surface area contributed by atoms with E-state index in [0.29, 0.717) is 27.0 Å². The normalized spacial score (nSPS) is 10.7. The van der Waals surface area contributed by atoms with Crippen molar-refractivity contribution in [2.24, 2.45) is 5.73 Å². The molecule has 0 radical (unpaired) electrons. The Hall–Kier alpha value is -2.38. The molecular formula is C13H10ClN5OS. The van der Waals surface area contributed by atoms with E-state index in [1.165, 1.54) is 11.3 Å². The van der Waals surface area contributed by atoms with Crippen LogP contribution in [0.1, 0.15) is 10.4 Å². The zero-order valence-corrected chi connectivity index (χ0v) is 12.2. The Morgan fingerprint density at radius 3 is 2.76 bits per heavy atom. The maximum Gasteiger partial charge on any atom is 0.250 e. The van der Waals surface area contributed by atoms with Crippen LogP contribution in [0.3, 0.4) is 0 Å². The summed E-state index contributed by atoms with van der Waals surface area (Å²) in [6, 6.07) is 6.92. The number of carbonyl (C=O) groups is 1. The van der Waals surface area contributed by atoms with Crippen LogP contribution in [0.15, 0.2) is 30.5 Å². The van der Waals surface area contributed by atoms with E-state index in [9.17, 15) is 4.79 Å². The standard InChI is InChI=1S/C13H10ClN5OS/c14-10-2-1-9(21-10)11-6(12(15)20)5-8(18-11)7-3-4-17-13(16)19-7/h1-5,18H,(H2,15,20)(H2,16,17,19). The number of nitrogens with two attached hydrogens (primary N) is 2. The molecule has 0 aromatic carbocycles. The molecule has 3 aromatic rings. The molecule has 0 aliphatic heterocycles. The van der Waals surface area contributed by atoms with Crippen LogP contribution in [0.25, 0.3) is 22.0 Å². The first-order valence-electron chi connectivity index (χ1n) is 5.92. The van der Waals surface area contributed by atoms with E-state index in [4.69, 9.17) is 23.1 Å². The number of carbonyl (C=O) groups excluding carboxylic acids is 1. The summed E-state index contributed by atoms with van der Waals surface area (Å²) in [6.45, 7) is 0. The molecule has 0 spiro atoms. The highest BCUT2D eigenvalue weighted by Crippen LogP contribution is 2.34. The van der Waals surface area contributed by atoms with Gasteiger partial charge in [-0.1, -0.05) is 11.6 Å². The lowest BCUT2D eigenvalue weighted by Gasteiger charge is -1.98. The number of anilines is 1. The summed E-state index contributed by atoms with van der Waals surface area (Å²) >= 11 is 7.29. The molecule has 0 aliphatic carbocycles. The Balaban J connectivity index is 2.15. The van der Waals surface area contributed by atoms with Gasteiger partial charge in [0.05, 0.1) is 31.9 Å². The quantitative estimate of drug-likeness (QED) is 0.688. The molecule has 21 heavy (non-hydrogen) atoms. The third-order valence-electron chi connectivity index (χ3n) is 2.85. The van der Waals surface area contributed by atoms with Gasteiger partial charge < -0.3 is 16.5 Å². The van der Waals surface area contributed by atoms with Crippen molar-refractivity contribution in [1.29, 1.82) is 0 Å². The fraction of sp³-hybridized carbons (Fsp3) is 0. The number of hydrogen-bond acceptors (Lipinski definition) is 5. The number of rotatable bonds is 3. The van der Waals surface area contributed by atoms with Crippen LogP contribution in [0.4, 0.5) is 5.95 Å². The van der Waals surface area contributed by atoms with Crippen LogP contribution in [-0.2, 0) is 0 Å². The molecule has 1 amide bonds. The summed E-state index contributed by atoms with van der Waals surface area (Å²) in [5.41, 5.74) is 13.2. The second-order valence-corrected chi connectivity index (χ2v) is 5.95. The minimum absolute atomic E-state index is 0.156. The minimum atomic E-state index is -0.529. The maximum absolute atomic E-state index is 11.6. The first kappa shape index (κ1) is 13.6. The Bertz CT molecular complexity index is 826. The van der Waals surface area contributed by atoms with Gasteiger partial charge in [0.15, 0.2) is 0 Å². The zero-order valence-electron chi connectivity index (χ0n) is 10.6. The van der Waals surface area contributed by atoms with Crippen LogP contribution in [0, 0.1) is 0 Å². The van der Waals surface area contributed by atoms with Crippen molar-refractivity contribution in [3.63, 3.8) is 0 Å². The van der Waals surface area contributed by atoms with Crippen molar-refractivity contribution in [1.82, 2.24) is 15.0 Å². The fourth-order valence-electron chi connectivity index (χ4n) is 1.95. The Kier molecular flexibility index (Phi) is 3.36. The first-order chi connectivity index (χ1) is 10.0. The lowest BCUT2D eigenvalue weighted by molar-refractivity contribution is 0.100. The van der Waals surface area contributed by atoms with Crippen LogP contribution in [0.5, 0.6) is 0 Å². The van der Waals surface area contributed by atoms with E-state index in [1.54, 1.807) is 24.4 Å². The van der Waals surface area contributed by atoms with Gasteiger partial charge in [-0.3, -0.25) is 4.79 Å². The van der Waals surface area contributed by atoms with Gasteiger partial charge >= 0.3 is 0 Å². The number of aromatic amines is 1. The SMILES string of the molecule is NC(=O)c1cc(-c2ccnc(N)n2)[nH]c1-c1ccc(Cl)s1. The second kappa shape index (κ2) is 5.19. The number of aromatic nitrogens is 3. The van der Waals surface area contributed by atoms with Crippen molar-refractivity contribution < 1.29 is 4.79 Å². The highest BCUT2D eigenvalue weighted by atomic mass is 35.5. The summed E-state index contributed by atoms with van der Waals surface area (Å²) in [5, 5.41) is 0. The number of hydrogen-bond donors (Lipinski definition) is 3. The topological polar surface area (TPSA) is 111 Å². The molecule has 0 aliphatic rings. The van der Waals surface area contributed by atoms with Crippen LogP contribution >= 0.6 is 22.9 Å². The number of nitrogens with one attached hydrogen (secondary N) is 1. The summed E-state index contributed by atoms with van der Waals surface area (Å²) < 4.78 is 0.628. The van der Waals surface area contributed by atoms with Crippen molar-refractivity contribution >= 4 is 34.8 Å². The Labute approximate surface area is 128 Å². The molecule has 3 aromatic heterocycles. The third kappa shape index (κ3) is 2.61. The zero-order chi connectivity index (χ0) is 15.0. The predicted molar refractivity (Wildman–Crippen MR) is 83.1 cm³/mol. The summed E-state index contributed by atoms with van der Waals surface area (Å²) in [4.78, 5) is 23.5. The van der Waals surface area contributed by atoms with Crippen LogP contribution in [-0.4, -0.2) is 20.9 Å². The Morgan fingerprint density at radius 2 is 2.14 bits per heavy atom. The maximum atomic E-state index is 11.6. The van der Waals surface area contributed by atoms with Gasteiger partial charge in [0.25, 0.3) is 5.91 Å².